The van der Waals surface area contributed by atoms with Gasteiger partial charge in [-0.05, 0) is 51.0 Å². The van der Waals surface area contributed by atoms with Crippen LogP contribution in [0.1, 0.15) is 34.6 Å². The normalized spacial score (nSPS) is 11.0. The number of esters is 1. The quantitative estimate of drug-likeness (QED) is 0.334. The maximum Gasteiger partial charge on any atom is 0.341 e. The predicted octanol–water partition coefficient (Wildman–Crippen LogP) is 5.02. The van der Waals surface area contributed by atoms with Crippen molar-refractivity contribution in [2.45, 2.75) is 34.2 Å². The van der Waals surface area contributed by atoms with E-state index in [1.54, 1.807) is 6.92 Å². The first kappa shape index (κ1) is 24.6. The number of aromatic nitrogens is 2. The molecule has 0 bridgehead atoms. The van der Waals surface area contributed by atoms with Crippen LogP contribution in [0.2, 0.25) is 0 Å². The number of nitrogens with one attached hydrogen (secondary N) is 1. The number of benzene rings is 1. The maximum atomic E-state index is 13.3. The van der Waals surface area contributed by atoms with Crippen LogP contribution in [0.5, 0.6) is 5.75 Å². The van der Waals surface area contributed by atoms with E-state index in [1.807, 2.05) is 50.4 Å². The van der Waals surface area contributed by atoms with Crippen molar-refractivity contribution in [3.63, 3.8) is 0 Å². The van der Waals surface area contributed by atoms with Gasteiger partial charge in [-0.2, -0.15) is 0 Å². The molecule has 0 aliphatic rings. The van der Waals surface area contributed by atoms with Crippen LogP contribution in [0.3, 0.4) is 0 Å². The molecule has 10 heteroatoms. The predicted molar refractivity (Wildman–Crippen MR) is 139 cm³/mol. The van der Waals surface area contributed by atoms with Crippen LogP contribution in [0.15, 0.2) is 40.8 Å². The molecule has 4 rings (SSSR count). The van der Waals surface area contributed by atoms with Crippen molar-refractivity contribution in [2.24, 2.45) is 0 Å². The van der Waals surface area contributed by atoms with Gasteiger partial charge in [-0.25, -0.2) is 9.78 Å². The third kappa shape index (κ3) is 4.98. The van der Waals surface area contributed by atoms with E-state index >= 15 is 0 Å². The molecule has 3 heterocycles. The molecule has 8 nitrogen and oxygen atoms in total. The molecular weight excluding hydrogens is 486 g/mol. The van der Waals surface area contributed by atoms with Crippen molar-refractivity contribution in [1.29, 1.82) is 0 Å². The second kappa shape index (κ2) is 10.4. The summed E-state index contributed by atoms with van der Waals surface area (Å²) >= 11 is 2.68. The van der Waals surface area contributed by atoms with Gasteiger partial charge in [0.15, 0.2) is 0 Å². The highest BCUT2D eigenvalue weighted by Gasteiger charge is 2.22. The average Bonchev–Trinajstić information content (AvgIpc) is 3.38. The largest absolute Gasteiger partial charge is 0.494 e. The van der Waals surface area contributed by atoms with E-state index in [0.29, 0.717) is 27.4 Å². The zero-order valence-electron chi connectivity index (χ0n) is 19.8. The third-order valence-corrected chi connectivity index (χ3v) is 7.48. The van der Waals surface area contributed by atoms with Crippen LogP contribution in [-0.2, 0) is 16.1 Å². The van der Waals surface area contributed by atoms with E-state index in [-0.39, 0.29) is 18.7 Å². The summed E-state index contributed by atoms with van der Waals surface area (Å²) in [4.78, 5) is 44.5. The number of nitrogens with zero attached hydrogens (tertiary/aromatic N) is 2. The highest BCUT2D eigenvalue weighted by molar-refractivity contribution is 7.17. The molecule has 4 aromatic rings. The fraction of sp³-hybridized carbons (Fsp3) is 0.280. The van der Waals surface area contributed by atoms with Gasteiger partial charge in [0.1, 0.15) is 22.1 Å². The molecule has 0 saturated heterocycles. The van der Waals surface area contributed by atoms with Gasteiger partial charge in [-0.1, -0.05) is 12.1 Å². The summed E-state index contributed by atoms with van der Waals surface area (Å²) in [5, 5.41) is 5.54. The molecule has 3 aromatic heterocycles. The topological polar surface area (TPSA) is 99.5 Å². The molecule has 0 fully saturated rings. The summed E-state index contributed by atoms with van der Waals surface area (Å²) in [6.07, 6.45) is 1.37. The van der Waals surface area contributed by atoms with Gasteiger partial charge in [0.2, 0.25) is 5.91 Å². The fourth-order valence-electron chi connectivity index (χ4n) is 3.67. The Labute approximate surface area is 210 Å². The Kier molecular flexibility index (Phi) is 7.32. The summed E-state index contributed by atoms with van der Waals surface area (Å²) in [6, 6.07) is 7.51. The molecule has 0 aliphatic carbocycles. The lowest BCUT2D eigenvalue weighted by Crippen LogP contribution is -2.28. The first-order valence-corrected chi connectivity index (χ1v) is 12.8. The van der Waals surface area contributed by atoms with E-state index in [0.717, 1.165) is 27.3 Å². The summed E-state index contributed by atoms with van der Waals surface area (Å²) < 4.78 is 11.9. The van der Waals surface area contributed by atoms with Gasteiger partial charge >= 0.3 is 5.97 Å². The lowest BCUT2D eigenvalue weighted by atomic mass is 10.1. The van der Waals surface area contributed by atoms with E-state index in [9.17, 15) is 14.4 Å². The molecule has 0 spiro atoms. The zero-order chi connectivity index (χ0) is 25.1. The van der Waals surface area contributed by atoms with E-state index in [4.69, 9.17) is 9.47 Å². The highest BCUT2D eigenvalue weighted by Crippen LogP contribution is 2.33. The number of amides is 1. The van der Waals surface area contributed by atoms with E-state index in [2.05, 4.69) is 10.3 Å². The molecule has 0 aliphatic heterocycles. The molecular formula is C25H25N3O5S2. The molecule has 0 unspecified atom stereocenters. The number of carbonyl (C=O) groups is 2. The summed E-state index contributed by atoms with van der Waals surface area (Å²) in [5.41, 5.74) is 2.43. The SMILES string of the molecule is CCOC(=O)c1c(NC(=O)Cn2cnc3scc(-c4ccc(OCC)cc4)c3c2=O)sc(C)c1C. The molecule has 1 amide bonds. The van der Waals surface area contributed by atoms with Gasteiger partial charge in [-0.3, -0.25) is 14.2 Å². The van der Waals surface area contributed by atoms with Crippen molar-refractivity contribution in [3.05, 3.63) is 62.3 Å². The van der Waals surface area contributed by atoms with Crippen molar-refractivity contribution in [3.8, 4) is 16.9 Å². The minimum Gasteiger partial charge on any atom is -0.494 e. The van der Waals surface area contributed by atoms with Crippen molar-refractivity contribution in [2.75, 3.05) is 18.5 Å². The van der Waals surface area contributed by atoms with Crippen molar-refractivity contribution < 1.29 is 19.1 Å². The number of ether oxygens (including phenoxy) is 2. The van der Waals surface area contributed by atoms with Crippen molar-refractivity contribution >= 4 is 49.8 Å². The van der Waals surface area contributed by atoms with Crippen LogP contribution in [0.4, 0.5) is 5.00 Å². The Balaban J connectivity index is 1.61. The molecule has 1 N–H and O–H groups in total. The first-order chi connectivity index (χ1) is 16.8. The smallest absolute Gasteiger partial charge is 0.341 e. The number of rotatable bonds is 8. The number of anilines is 1. The fourth-order valence-corrected chi connectivity index (χ4v) is 5.65. The van der Waals surface area contributed by atoms with Gasteiger partial charge in [0, 0.05) is 15.8 Å². The highest BCUT2D eigenvalue weighted by atomic mass is 32.1. The standard InChI is InChI=1S/C25H25N3O5S2/c1-5-32-17-9-7-16(8-10-17)18-12-34-22-21(18)24(30)28(13-26-22)11-19(29)27-23-20(25(31)33-6-2)14(3)15(4)35-23/h7-10,12-13H,5-6,11H2,1-4H3,(H,27,29). The molecule has 35 heavy (non-hydrogen) atoms. The Hall–Kier alpha value is -3.50. The zero-order valence-corrected chi connectivity index (χ0v) is 21.5. The molecule has 0 radical (unpaired) electrons. The van der Waals surface area contributed by atoms with Crippen LogP contribution in [0, 0.1) is 13.8 Å². The average molecular weight is 512 g/mol. The van der Waals surface area contributed by atoms with Crippen LogP contribution < -0.4 is 15.6 Å². The lowest BCUT2D eigenvalue weighted by Gasteiger charge is -2.09. The van der Waals surface area contributed by atoms with Crippen LogP contribution >= 0.6 is 22.7 Å². The lowest BCUT2D eigenvalue weighted by molar-refractivity contribution is -0.116. The molecule has 0 atom stereocenters. The number of aryl methyl sites for hydroxylation is 1. The Morgan fingerprint density at radius 1 is 1.11 bits per heavy atom. The second-order valence-electron chi connectivity index (χ2n) is 7.72. The van der Waals surface area contributed by atoms with Gasteiger partial charge in [-0.15, -0.1) is 22.7 Å². The number of fused-ring (bicyclic) bond motifs is 1. The maximum absolute atomic E-state index is 13.3. The minimum absolute atomic E-state index is 0.235. The van der Waals surface area contributed by atoms with Crippen LogP contribution in [0.25, 0.3) is 21.3 Å². The Morgan fingerprint density at radius 3 is 2.54 bits per heavy atom. The second-order valence-corrected chi connectivity index (χ2v) is 9.80. The summed E-state index contributed by atoms with van der Waals surface area (Å²) in [5.74, 6) is -0.162. The van der Waals surface area contributed by atoms with Gasteiger partial charge in [0.05, 0.1) is 30.5 Å². The van der Waals surface area contributed by atoms with Gasteiger partial charge < -0.3 is 14.8 Å². The van der Waals surface area contributed by atoms with E-state index in [1.165, 1.54) is 33.6 Å². The molecule has 0 saturated carbocycles. The number of hydrogen-bond donors (Lipinski definition) is 1. The Morgan fingerprint density at radius 2 is 1.86 bits per heavy atom. The van der Waals surface area contributed by atoms with Crippen molar-refractivity contribution in [1.82, 2.24) is 9.55 Å². The summed E-state index contributed by atoms with van der Waals surface area (Å²) in [7, 11) is 0. The number of thiophene rings is 2. The first-order valence-electron chi connectivity index (χ1n) is 11.1. The monoisotopic (exact) mass is 511 g/mol. The van der Waals surface area contributed by atoms with Crippen LogP contribution in [-0.4, -0.2) is 34.6 Å². The van der Waals surface area contributed by atoms with E-state index < -0.39 is 11.9 Å². The van der Waals surface area contributed by atoms with Gasteiger partial charge in [0.25, 0.3) is 5.56 Å². The molecule has 1 aromatic carbocycles. The minimum atomic E-state index is -0.483. The Bertz CT molecular complexity index is 1450. The molecule has 182 valence electrons. The number of hydrogen-bond acceptors (Lipinski definition) is 8. The third-order valence-electron chi connectivity index (χ3n) is 5.47. The summed E-state index contributed by atoms with van der Waals surface area (Å²) in [6.45, 7) is 7.91. The number of carbonyl (C=O) groups excluding carboxylic acids is 2.